The summed E-state index contributed by atoms with van der Waals surface area (Å²) in [6.07, 6.45) is 2.16. The highest BCUT2D eigenvalue weighted by Gasteiger charge is 2.22. The van der Waals surface area contributed by atoms with Crippen LogP contribution < -0.4 is 0 Å². The molecule has 1 saturated heterocycles. The molecule has 0 saturated carbocycles. The Hall–Kier alpha value is -1.36. The summed E-state index contributed by atoms with van der Waals surface area (Å²) >= 11 is 0. The molecule has 82 valence electrons. The number of aromatic nitrogens is 1. The van der Waals surface area contributed by atoms with Gasteiger partial charge in [-0.3, -0.25) is 4.79 Å². The first-order valence-electron chi connectivity index (χ1n) is 5.05. The first-order chi connectivity index (χ1) is 7.31. The van der Waals surface area contributed by atoms with Crippen molar-refractivity contribution < 1.29 is 14.1 Å². The lowest BCUT2D eigenvalue weighted by molar-refractivity contribution is 0.0782. The van der Waals surface area contributed by atoms with Crippen molar-refractivity contribution in [2.24, 2.45) is 0 Å². The number of methoxy groups -OCH3 is 1. The van der Waals surface area contributed by atoms with Gasteiger partial charge in [0.15, 0.2) is 11.5 Å². The molecule has 1 aromatic rings. The summed E-state index contributed by atoms with van der Waals surface area (Å²) < 4.78 is 9.85. The monoisotopic (exact) mass is 210 g/mol. The Balaban J connectivity index is 2.04. The summed E-state index contributed by atoms with van der Waals surface area (Å²) in [4.78, 5) is 13.6. The zero-order chi connectivity index (χ0) is 10.7. The van der Waals surface area contributed by atoms with Gasteiger partial charge in [0, 0.05) is 26.3 Å². The fourth-order valence-electron chi connectivity index (χ4n) is 1.71. The van der Waals surface area contributed by atoms with Crippen LogP contribution in [-0.4, -0.2) is 36.2 Å². The summed E-state index contributed by atoms with van der Waals surface area (Å²) in [5.41, 5.74) is 0.379. The van der Waals surface area contributed by atoms with Crippen LogP contribution in [0.2, 0.25) is 0 Å². The van der Waals surface area contributed by atoms with Crippen LogP contribution >= 0.6 is 0 Å². The Morgan fingerprint density at radius 3 is 3.00 bits per heavy atom. The minimum Gasteiger partial charge on any atom is -0.377 e. The fraction of sp³-hybridized carbons (Fsp3) is 0.600. The van der Waals surface area contributed by atoms with Crippen LogP contribution in [0.3, 0.4) is 0 Å². The summed E-state index contributed by atoms with van der Waals surface area (Å²) in [5, 5.41) is 3.73. The van der Waals surface area contributed by atoms with Gasteiger partial charge in [0.2, 0.25) is 0 Å². The minimum absolute atomic E-state index is 0.0430. The van der Waals surface area contributed by atoms with Gasteiger partial charge >= 0.3 is 0 Å². The number of likely N-dealkylation sites (tertiary alicyclic amines) is 1. The smallest absolute Gasteiger partial charge is 0.276 e. The summed E-state index contributed by atoms with van der Waals surface area (Å²) in [6.45, 7) is 2.00. The van der Waals surface area contributed by atoms with Crippen LogP contribution in [0.15, 0.2) is 10.6 Å². The lowest BCUT2D eigenvalue weighted by atomic mass is 10.3. The molecule has 0 spiro atoms. The molecule has 5 heteroatoms. The second-order valence-electron chi connectivity index (χ2n) is 3.61. The summed E-state index contributed by atoms with van der Waals surface area (Å²) in [7, 11) is 1.57. The SMILES string of the molecule is COCc1cc(C(=O)N2CCCC2)no1. The molecular formula is C10H14N2O3. The second kappa shape index (κ2) is 4.44. The van der Waals surface area contributed by atoms with Crippen LogP contribution in [-0.2, 0) is 11.3 Å². The first-order valence-corrected chi connectivity index (χ1v) is 5.05. The van der Waals surface area contributed by atoms with Crippen molar-refractivity contribution in [3.8, 4) is 0 Å². The van der Waals surface area contributed by atoms with E-state index in [-0.39, 0.29) is 5.91 Å². The highest BCUT2D eigenvalue weighted by atomic mass is 16.5. The number of hydrogen-bond acceptors (Lipinski definition) is 4. The van der Waals surface area contributed by atoms with Gasteiger partial charge in [-0.15, -0.1) is 0 Å². The Morgan fingerprint density at radius 1 is 1.60 bits per heavy atom. The van der Waals surface area contributed by atoms with Crippen molar-refractivity contribution in [1.82, 2.24) is 10.1 Å². The Kier molecular flexibility index (Phi) is 3.01. The van der Waals surface area contributed by atoms with E-state index >= 15 is 0 Å². The molecule has 1 aliphatic heterocycles. The highest BCUT2D eigenvalue weighted by molar-refractivity contribution is 5.92. The van der Waals surface area contributed by atoms with Crippen molar-refractivity contribution in [3.05, 3.63) is 17.5 Å². The number of rotatable bonds is 3. The van der Waals surface area contributed by atoms with Gasteiger partial charge in [0.05, 0.1) is 0 Å². The molecule has 1 aromatic heterocycles. The zero-order valence-electron chi connectivity index (χ0n) is 8.73. The maximum Gasteiger partial charge on any atom is 0.276 e. The maximum absolute atomic E-state index is 11.8. The molecule has 2 rings (SSSR count). The van der Waals surface area contributed by atoms with Gasteiger partial charge in [0.25, 0.3) is 5.91 Å². The number of carbonyl (C=O) groups excluding carboxylic acids is 1. The zero-order valence-corrected chi connectivity index (χ0v) is 8.73. The van der Waals surface area contributed by atoms with E-state index in [2.05, 4.69) is 5.16 Å². The first kappa shape index (κ1) is 10.2. The molecule has 1 amide bonds. The third-order valence-corrected chi connectivity index (χ3v) is 2.46. The van der Waals surface area contributed by atoms with Crippen LogP contribution in [0.25, 0.3) is 0 Å². The highest BCUT2D eigenvalue weighted by Crippen LogP contribution is 2.13. The summed E-state index contributed by atoms with van der Waals surface area (Å²) in [5.74, 6) is 0.540. The lowest BCUT2D eigenvalue weighted by Crippen LogP contribution is -2.27. The van der Waals surface area contributed by atoms with Crippen LogP contribution in [0, 0.1) is 0 Å². The molecule has 0 bridgehead atoms. The van der Waals surface area contributed by atoms with Crippen molar-refractivity contribution in [1.29, 1.82) is 0 Å². The second-order valence-corrected chi connectivity index (χ2v) is 3.61. The maximum atomic E-state index is 11.8. The molecule has 0 aromatic carbocycles. The molecule has 15 heavy (non-hydrogen) atoms. The van der Waals surface area contributed by atoms with Crippen LogP contribution in [0.5, 0.6) is 0 Å². The van der Waals surface area contributed by atoms with E-state index in [0.717, 1.165) is 25.9 Å². The molecule has 1 fully saturated rings. The minimum atomic E-state index is -0.0430. The van der Waals surface area contributed by atoms with Crippen molar-refractivity contribution >= 4 is 5.91 Å². The van der Waals surface area contributed by atoms with E-state index in [1.807, 2.05) is 0 Å². The average molecular weight is 210 g/mol. The number of nitrogens with zero attached hydrogens (tertiary/aromatic N) is 2. The Morgan fingerprint density at radius 2 is 2.33 bits per heavy atom. The van der Waals surface area contributed by atoms with E-state index in [4.69, 9.17) is 9.26 Å². The predicted octanol–water partition coefficient (Wildman–Crippen LogP) is 1.06. The predicted molar refractivity (Wildman–Crippen MR) is 52.4 cm³/mol. The van der Waals surface area contributed by atoms with Gasteiger partial charge < -0.3 is 14.2 Å². The molecule has 1 aliphatic rings. The molecule has 0 N–H and O–H groups in total. The Bertz CT molecular complexity index is 342. The van der Waals surface area contributed by atoms with Gasteiger partial charge in [-0.25, -0.2) is 0 Å². The van der Waals surface area contributed by atoms with Crippen molar-refractivity contribution in [2.45, 2.75) is 19.4 Å². The van der Waals surface area contributed by atoms with E-state index in [0.29, 0.717) is 18.1 Å². The number of hydrogen-bond donors (Lipinski definition) is 0. The molecule has 0 atom stereocenters. The number of ether oxygens (including phenoxy) is 1. The van der Waals surface area contributed by atoms with Gasteiger partial charge in [-0.2, -0.15) is 0 Å². The number of carbonyl (C=O) groups is 1. The third-order valence-electron chi connectivity index (χ3n) is 2.46. The van der Waals surface area contributed by atoms with Crippen molar-refractivity contribution in [3.63, 3.8) is 0 Å². The van der Waals surface area contributed by atoms with E-state index < -0.39 is 0 Å². The van der Waals surface area contributed by atoms with Crippen LogP contribution in [0.4, 0.5) is 0 Å². The normalized spacial score (nSPS) is 15.9. The Labute approximate surface area is 88.0 Å². The van der Waals surface area contributed by atoms with Gasteiger partial charge in [-0.1, -0.05) is 5.16 Å². The molecule has 0 radical (unpaired) electrons. The fourth-order valence-corrected chi connectivity index (χ4v) is 1.71. The number of amides is 1. The third kappa shape index (κ3) is 2.18. The van der Waals surface area contributed by atoms with E-state index in [9.17, 15) is 4.79 Å². The standard InChI is InChI=1S/C10H14N2O3/c1-14-7-8-6-9(11-15-8)10(13)12-4-2-3-5-12/h6H,2-5,7H2,1H3. The summed E-state index contributed by atoms with van der Waals surface area (Å²) in [6, 6.07) is 1.64. The molecular weight excluding hydrogens is 196 g/mol. The quantitative estimate of drug-likeness (QED) is 0.748. The van der Waals surface area contributed by atoms with Crippen LogP contribution in [0.1, 0.15) is 29.1 Å². The molecule has 2 heterocycles. The topological polar surface area (TPSA) is 55.6 Å². The average Bonchev–Trinajstić information content (AvgIpc) is 2.87. The lowest BCUT2D eigenvalue weighted by Gasteiger charge is -2.12. The van der Waals surface area contributed by atoms with Crippen molar-refractivity contribution in [2.75, 3.05) is 20.2 Å². The molecule has 0 unspecified atom stereocenters. The van der Waals surface area contributed by atoms with E-state index in [1.54, 1.807) is 18.1 Å². The molecule has 5 nitrogen and oxygen atoms in total. The molecule has 0 aliphatic carbocycles. The van der Waals surface area contributed by atoms with Gasteiger partial charge in [0.1, 0.15) is 6.61 Å². The van der Waals surface area contributed by atoms with Gasteiger partial charge in [-0.05, 0) is 12.8 Å². The largest absolute Gasteiger partial charge is 0.377 e. The van der Waals surface area contributed by atoms with E-state index in [1.165, 1.54) is 0 Å².